The van der Waals surface area contributed by atoms with Crippen LogP contribution in [0.3, 0.4) is 0 Å². The van der Waals surface area contributed by atoms with E-state index in [2.05, 4.69) is 44.0 Å². The number of aromatic amines is 1. The molecule has 4 heterocycles. The van der Waals surface area contributed by atoms with Crippen molar-refractivity contribution in [3.05, 3.63) is 36.3 Å². The number of rotatable bonds is 3. The third-order valence-electron chi connectivity index (χ3n) is 7.08. The summed E-state index contributed by atoms with van der Waals surface area (Å²) in [7, 11) is -2.62. The molecule has 3 N–H and O–H groups in total. The van der Waals surface area contributed by atoms with E-state index in [9.17, 15) is 4.79 Å². The van der Waals surface area contributed by atoms with E-state index in [0.717, 1.165) is 62.8 Å². The molecule has 2 aliphatic rings. The quantitative estimate of drug-likeness (QED) is 0.505. The third-order valence-corrected chi connectivity index (χ3v) is 7.08. The maximum absolute atomic E-state index is 12.8. The number of fused-ring (bicyclic) bond motifs is 3. The second-order valence-electron chi connectivity index (χ2n) is 9.45. The number of piperidine rings is 1. The van der Waals surface area contributed by atoms with Crippen molar-refractivity contribution < 1.29 is 13.2 Å². The Morgan fingerprint density at radius 2 is 1.94 bits per heavy atom. The topological polar surface area (TPSA) is 122 Å². The number of hydrogen-bond donors (Lipinski definition) is 3. The van der Waals surface area contributed by atoms with Crippen LogP contribution in [-0.4, -0.2) is 47.3 Å². The largest absolute Gasteiger partial charge is 0.346 e. The summed E-state index contributed by atoms with van der Waals surface area (Å²) < 4.78 is 17.6. The first-order chi connectivity index (χ1) is 15.9. The molecule has 8 nitrogen and oxygen atoms in total. The average molecular weight is 472 g/mol. The highest BCUT2D eigenvalue weighted by atomic mass is 32.2. The normalized spacial score (nSPS) is 23.5. The van der Waals surface area contributed by atoms with Crippen molar-refractivity contribution in [2.24, 2.45) is 17.0 Å². The fourth-order valence-corrected chi connectivity index (χ4v) is 5.49. The molecule has 1 amide bonds. The molecule has 5 rings (SSSR count). The van der Waals surface area contributed by atoms with E-state index in [1.54, 1.807) is 0 Å². The van der Waals surface area contributed by atoms with E-state index in [1.165, 1.54) is 22.8 Å². The molecule has 2 fully saturated rings. The Labute approximate surface area is 196 Å². The fourth-order valence-electron chi connectivity index (χ4n) is 5.49. The zero-order chi connectivity index (χ0) is 23.4. The first-order valence-electron chi connectivity index (χ1n) is 11.8. The number of thiol groups is 1. The molecule has 1 unspecified atom stereocenters. The van der Waals surface area contributed by atoms with Crippen molar-refractivity contribution in [1.29, 1.82) is 0 Å². The second kappa shape index (κ2) is 10.6. The Morgan fingerprint density at radius 1 is 1.18 bits per heavy atom. The van der Waals surface area contributed by atoms with Gasteiger partial charge in [-0.15, -0.1) is 0 Å². The lowest BCUT2D eigenvalue weighted by molar-refractivity contribution is -0.134. The van der Waals surface area contributed by atoms with Gasteiger partial charge < -0.3 is 9.88 Å². The Morgan fingerprint density at radius 3 is 2.67 bits per heavy atom. The molecule has 33 heavy (non-hydrogen) atoms. The van der Waals surface area contributed by atoms with E-state index < -0.39 is 10.9 Å². The maximum atomic E-state index is 12.8. The molecule has 1 saturated carbocycles. The van der Waals surface area contributed by atoms with Gasteiger partial charge in [0.25, 0.3) is 0 Å². The first kappa shape index (κ1) is 23.6. The highest BCUT2D eigenvalue weighted by Crippen LogP contribution is 2.40. The SMILES string of the molecule is CC1CCCN(C(=O)CC2CCC(c3ccnc4cnc5[nH]ccc5c34)CC2)C1.N[SH](=O)=O. The van der Waals surface area contributed by atoms with E-state index in [-0.39, 0.29) is 0 Å². The smallest absolute Gasteiger partial charge is 0.222 e. The number of likely N-dealkylation sites (tertiary alicyclic amines) is 1. The summed E-state index contributed by atoms with van der Waals surface area (Å²) in [5, 5.41) is 6.48. The molecule has 1 atom stereocenters. The van der Waals surface area contributed by atoms with E-state index >= 15 is 0 Å². The summed E-state index contributed by atoms with van der Waals surface area (Å²) in [4.78, 5) is 27.1. The van der Waals surface area contributed by atoms with Crippen LogP contribution in [0.15, 0.2) is 30.7 Å². The number of nitrogens with one attached hydrogen (secondary N) is 1. The van der Waals surface area contributed by atoms with Gasteiger partial charge in [-0.05, 0) is 74.0 Å². The van der Waals surface area contributed by atoms with Crippen LogP contribution in [0.25, 0.3) is 21.9 Å². The molecule has 9 heteroatoms. The molecular formula is C24H33N5O3S. The van der Waals surface area contributed by atoms with Crippen LogP contribution < -0.4 is 5.14 Å². The number of H-pyrrole nitrogens is 1. The van der Waals surface area contributed by atoms with Crippen molar-refractivity contribution in [2.75, 3.05) is 13.1 Å². The van der Waals surface area contributed by atoms with Gasteiger partial charge >= 0.3 is 0 Å². The summed E-state index contributed by atoms with van der Waals surface area (Å²) in [6, 6.07) is 4.31. The number of carbonyl (C=O) groups excluding carboxylic acids is 1. The lowest BCUT2D eigenvalue weighted by atomic mass is 9.76. The predicted octanol–water partition coefficient (Wildman–Crippen LogP) is 3.51. The minimum atomic E-state index is -2.62. The minimum Gasteiger partial charge on any atom is -0.346 e. The Kier molecular flexibility index (Phi) is 7.60. The molecule has 178 valence electrons. The van der Waals surface area contributed by atoms with E-state index in [1.807, 2.05) is 18.6 Å². The Bertz CT molecular complexity index is 1180. The molecule has 1 aliphatic heterocycles. The molecule has 0 radical (unpaired) electrons. The lowest BCUT2D eigenvalue weighted by Gasteiger charge is -2.34. The van der Waals surface area contributed by atoms with Gasteiger partial charge in [0, 0.05) is 42.7 Å². The summed E-state index contributed by atoms with van der Waals surface area (Å²) >= 11 is 0. The van der Waals surface area contributed by atoms with Gasteiger partial charge in [-0.3, -0.25) is 9.78 Å². The fraction of sp³-hybridized carbons (Fsp3) is 0.542. The molecule has 3 aromatic rings. The molecule has 0 bridgehead atoms. The van der Waals surface area contributed by atoms with Crippen LogP contribution in [0.4, 0.5) is 0 Å². The lowest BCUT2D eigenvalue weighted by Crippen LogP contribution is -2.40. The van der Waals surface area contributed by atoms with Gasteiger partial charge in [0.1, 0.15) is 5.65 Å². The maximum Gasteiger partial charge on any atom is 0.222 e. The van der Waals surface area contributed by atoms with Crippen LogP contribution in [0.5, 0.6) is 0 Å². The van der Waals surface area contributed by atoms with Crippen LogP contribution >= 0.6 is 0 Å². The minimum absolute atomic E-state index is 0.384. The Hall–Kier alpha value is -2.52. The first-order valence-corrected chi connectivity index (χ1v) is 13.0. The summed E-state index contributed by atoms with van der Waals surface area (Å²) in [5.41, 5.74) is 3.31. The van der Waals surface area contributed by atoms with Gasteiger partial charge in [0.15, 0.2) is 10.9 Å². The van der Waals surface area contributed by atoms with Crippen LogP contribution in [0, 0.1) is 11.8 Å². The van der Waals surface area contributed by atoms with Crippen molar-refractivity contribution in [3.63, 3.8) is 0 Å². The van der Waals surface area contributed by atoms with Crippen molar-refractivity contribution in [1.82, 2.24) is 19.9 Å². The van der Waals surface area contributed by atoms with E-state index in [0.29, 0.717) is 23.7 Å². The number of nitrogens with zero attached hydrogens (tertiary/aromatic N) is 3. The Balaban J connectivity index is 0.000000601. The van der Waals surface area contributed by atoms with Crippen molar-refractivity contribution in [2.45, 2.75) is 57.8 Å². The van der Waals surface area contributed by atoms with Gasteiger partial charge in [-0.2, -0.15) is 0 Å². The number of carbonyl (C=O) groups is 1. The van der Waals surface area contributed by atoms with Crippen LogP contribution in [0.2, 0.25) is 0 Å². The van der Waals surface area contributed by atoms with Crippen LogP contribution in [-0.2, 0) is 15.7 Å². The zero-order valence-electron chi connectivity index (χ0n) is 19.1. The van der Waals surface area contributed by atoms with Crippen molar-refractivity contribution >= 4 is 38.7 Å². The van der Waals surface area contributed by atoms with Gasteiger partial charge in [0.2, 0.25) is 5.91 Å². The molecule has 3 aromatic heterocycles. The number of amides is 1. The standard InChI is InChI=1S/C24H30N4O.H3NO2S/c1-16-3-2-12-28(15-16)22(29)13-17-4-6-18(7-5-17)19-8-10-25-21-14-27-24-20(23(19)21)9-11-26-24;1-4(2)3/h8-11,14,16-18H,2-7,12-13,15H2,1H3,(H,26,27);4H,(H2,1,2,3). The monoisotopic (exact) mass is 471 g/mol. The second-order valence-corrected chi connectivity index (χ2v) is 10.0. The van der Waals surface area contributed by atoms with Crippen LogP contribution in [0.1, 0.15) is 63.4 Å². The van der Waals surface area contributed by atoms with Crippen molar-refractivity contribution in [3.8, 4) is 0 Å². The molecular weight excluding hydrogens is 438 g/mol. The van der Waals surface area contributed by atoms with Gasteiger partial charge in [0.05, 0.1) is 11.7 Å². The molecule has 0 aromatic carbocycles. The van der Waals surface area contributed by atoms with E-state index in [4.69, 9.17) is 8.42 Å². The summed E-state index contributed by atoms with van der Waals surface area (Å²) in [6.07, 6.45) is 13.5. The molecule has 0 spiro atoms. The highest BCUT2D eigenvalue weighted by molar-refractivity contribution is 7.69. The number of nitrogens with two attached hydrogens (primary N) is 1. The number of aromatic nitrogens is 3. The number of hydrogen-bond acceptors (Lipinski definition) is 5. The molecule has 1 aliphatic carbocycles. The summed E-state index contributed by atoms with van der Waals surface area (Å²) in [5.74, 6) is 2.12. The van der Waals surface area contributed by atoms with Gasteiger partial charge in [-0.1, -0.05) is 6.92 Å². The van der Waals surface area contributed by atoms with Gasteiger partial charge in [-0.25, -0.2) is 18.5 Å². The zero-order valence-corrected chi connectivity index (χ0v) is 20.0. The molecule has 1 saturated heterocycles. The number of pyridine rings is 2. The average Bonchev–Trinajstić information content (AvgIpc) is 3.28. The predicted molar refractivity (Wildman–Crippen MR) is 130 cm³/mol. The highest BCUT2D eigenvalue weighted by Gasteiger charge is 2.28. The summed E-state index contributed by atoms with van der Waals surface area (Å²) in [6.45, 7) is 4.18. The third kappa shape index (κ3) is 5.70.